The maximum atomic E-state index is 6.28. The number of piperazine rings is 1. The van der Waals surface area contributed by atoms with Crippen LogP contribution in [0.3, 0.4) is 0 Å². The molecule has 2 aliphatic rings. The second-order valence-electron chi connectivity index (χ2n) is 4.23. The third-order valence-corrected chi connectivity index (χ3v) is 3.84. The van der Waals surface area contributed by atoms with E-state index in [1.165, 1.54) is 24.1 Å². The molecule has 1 saturated heterocycles. The third kappa shape index (κ3) is 2.06. The van der Waals surface area contributed by atoms with Crippen LogP contribution in [0.1, 0.15) is 26.2 Å². The van der Waals surface area contributed by atoms with Crippen LogP contribution >= 0.6 is 11.6 Å². The van der Waals surface area contributed by atoms with Gasteiger partial charge in [0.2, 0.25) is 0 Å². The first kappa shape index (κ1) is 10.3. The Morgan fingerprint density at radius 1 is 1.36 bits per heavy atom. The second-order valence-corrected chi connectivity index (χ2v) is 4.75. The molecule has 0 amide bonds. The van der Waals surface area contributed by atoms with Crippen LogP contribution in [-0.4, -0.2) is 36.5 Å². The molecule has 80 valence electrons. The number of rotatable bonds is 1. The first-order chi connectivity index (χ1) is 6.79. The van der Waals surface area contributed by atoms with Crippen LogP contribution < -0.4 is 5.32 Å². The Balaban J connectivity index is 2.10. The van der Waals surface area contributed by atoms with E-state index in [0.29, 0.717) is 0 Å². The highest BCUT2D eigenvalue weighted by Gasteiger charge is 2.22. The molecule has 0 aromatic carbocycles. The van der Waals surface area contributed by atoms with Crippen molar-refractivity contribution >= 4 is 11.6 Å². The highest BCUT2D eigenvalue weighted by molar-refractivity contribution is 6.22. The molecule has 1 N–H and O–H groups in total. The minimum Gasteiger partial charge on any atom is -0.372 e. The lowest BCUT2D eigenvalue weighted by atomic mass is 9.95. The van der Waals surface area contributed by atoms with Crippen molar-refractivity contribution in [3.8, 4) is 0 Å². The van der Waals surface area contributed by atoms with E-state index in [1.54, 1.807) is 0 Å². The van der Waals surface area contributed by atoms with Gasteiger partial charge in [0.25, 0.3) is 0 Å². The van der Waals surface area contributed by atoms with Crippen LogP contribution in [0.2, 0.25) is 0 Å². The fourth-order valence-corrected chi connectivity index (χ4v) is 2.67. The highest BCUT2D eigenvalue weighted by atomic mass is 35.5. The molecule has 14 heavy (non-hydrogen) atoms. The standard InChI is InChI=1S/C11H19ClN2/c1-9-10(12)3-2-4-11(9)14-7-5-13-6-8-14/h10,13H,2-8H2,1H3. The first-order valence-corrected chi connectivity index (χ1v) is 6.02. The molecular formula is C11H19ClN2. The Morgan fingerprint density at radius 2 is 2.07 bits per heavy atom. The number of hydrogen-bond acceptors (Lipinski definition) is 2. The normalized spacial score (nSPS) is 29.6. The summed E-state index contributed by atoms with van der Waals surface area (Å²) in [6.07, 6.45) is 3.64. The van der Waals surface area contributed by atoms with Crippen molar-refractivity contribution in [3.05, 3.63) is 11.3 Å². The molecule has 1 aliphatic carbocycles. The summed E-state index contributed by atoms with van der Waals surface area (Å²) in [6.45, 7) is 6.73. The third-order valence-electron chi connectivity index (χ3n) is 3.29. The summed E-state index contributed by atoms with van der Waals surface area (Å²) in [5.41, 5.74) is 2.94. The van der Waals surface area contributed by atoms with Crippen LogP contribution in [-0.2, 0) is 0 Å². The van der Waals surface area contributed by atoms with Gasteiger partial charge in [0.15, 0.2) is 0 Å². The molecular weight excluding hydrogens is 196 g/mol. The summed E-state index contributed by atoms with van der Waals surface area (Å²) in [5, 5.41) is 3.67. The number of alkyl halides is 1. The number of nitrogens with zero attached hydrogens (tertiary/aromatic N) is 1. The van der Waals surface area contributed by atoms with Gasteiger partial charge in [-0.05, 0) is 31.8 Å². The van der Waals surface area contributed by atoms with Crippen molar-refractivity contribution in [2.75, 3.05) is 26.2 Å². The smallest absolute Gasteiger partial charge is 0.0562 e. The van der Waals surface area contributed by atoms with E-state index in [1.807, 2.05) is 0 Å². The summed E-state index contributed by atoms with van der Waals surface area (Å²) >= 11 is 6.28. The van der Waals surface area contributed by atoms with Gasteiger partial charge >= 0.3 is 0 Å². The van der Waals surface area contributed by atoms with Crippen LogP contribution in [0, 0.1) is 0 Å². The van der Waals surface area contributed by atoms with Crippen molar-refractivity contribution in [2.45, 2.75) is 31.6 Å². The van der Waals surface area contributed by atoms with Gasteiger partial charge in [0.05, 0.1) is 5.38 Å². The fraction of sp³-hybridized carbons (Fsp3) is 0.818. The summed E-state index contributed by atoms with van der Waals surface area (Å²) in [7, 11) is 0. The van der Waals surface area contributed by atoms with Crippen molar-refractivity contribution in [1.82, 2.24) is 10.2 Å². The number of hydrogen-bond donors (Lipinski definition) is 1. The Morgan fingerprint density at radius 3 is 2.79 bits per heavy atom. The predicted octanol–water partition coefficient (Wildman–Crippen LogP) is 1.96. The van der Waals surface area contributed by atoms with Crippen molar-refractivity contribution in [2.24, 2.45) is 0 Å². The lowest BCUT2D eigenvalue weighted by Crippen LogP contribution is -2.43. The van der Waals surface area contributed by atoms with Crippen LogP contribution in [0.5, 0.6) is 0 Å². The molecule has 1 unspecified atom stereocenters. The summed E-state index contributed by atoms with van der Waals surface area (Å²) in [6, 6.07) is 0. The number of nitrogens with one attached hydrogen (secondary N) is 1. The molecule has 2 rings (SSSR count). The largest absolute Gasteiger partial charge is 0.372 e. The highest BCUT2D eigenvalue weighted by Crippen LogP contribution is 2.30. The molecule has 0 aromatic heterocycles. The molecule has 0 spiro atoms. The van der Waals surface area contributed by atoms with E-state index in [4.69, 9.17) is 11.6 Å². The van der Waals surface area contributed by atoms with Gasteiger partial charge in [0.1, 0.15) is 0 Å². The number of allylic oxidation sites excluding steroid dienone is 2. The average Bonchev–Trinajstić information content (AvgIpc) is 2.23. The molecule has 0 bridgehead atoms. The average molecular weight is 215 g/mol. The molecule has 1 heterocycles. The van der Waals surface area contributed by atoms with Gasteiger partial charge in [-0.2, -0.15) is 0 Å². The van der Waals surface area contributed by atoms with E-state index in [-0.39, 0.29) is 5.38 Å². The first-order valence-electron chi connectivity index (χ1n) is 5.58. The molecule has 0 radical (unpaired) electrons. The summed E-state index contributed by atoms with van der Waals surface area (Å²) < 4.78 is 0. The molecule has 1 fully saturated rings. The maximum Gasteiger partial charge on any atom is 0.0562 e. The second kappa shape index (κ2) is 4.54. The zero-order valence-electron chi connectivity index (χ0n) is 8.85. The Labute approximate surface area is 91.3 Å². The van der Waals surface area contributed by atoms with Crippen molar-refractivity contribution < 1.29 is 0 Å². The van der Waals surface area contributed by atoms with Crippen LogP contribution in [0.15, 0.2) is 11.3 Å². The topological polar surface area (TPSA) is 15.3 Å². The van der Waals surface area contributed by atoms with Gasteiger partial charge in [-0.3, -0.25) is 0 Å². The zero-order chi connectivity index (χ0) is 9.97. The molecule has 3 heteroatoms. The van der Waals surface area contributed by atoms with Gasteiger partial charge in [0, 0.05) is 31.9 Å². The van der Waals surface area contributed by atoms with Gasteiger partial charge < -0.3 is 10.2 Å². The van der Waals surface area contributed by atoms with E-state index in [0.717, 1.165) is 32.6 Å². The van der Waals surface area contributed by atoms with Crippen LogP contribution in [0.4, 0.5) is 0 Å². The van der Waals surface area contributed by atoms with Crippen molar-refractivity contribution in [1.29, 1.82) is 0 Å². The zero-order valence-corrected chi connectivity index (χ0v) is 9.61. The van der Waals surface area contributed by atoms with Crippen LogP contribution in [0.25, 0.3) is 0 Å². The SMILES string of the molecule is CC1=C(N2CCNCC2)CCCC1Cl. The lowest BCUT2D eigenvalue weighted by Gasteiger charge is -2.36. The fourth-order valence-electron chi connectivity index (χ4n) is 2.39. The molecule has 1 atom stereocenters. The van der Waals surface area contributed by atoms with E-state index < -0.39 is 0 Å². The van der Waals surface area contributed by atoms with Gasteiger partial charge in [-0.25, -0.2) is 0 Å². The van der Waals surface area contributed by atoms with Crippen molar-refractivity contribution in [3.63, 3.8) is 0 Å². The van der Waals surface area contributed by atoms with E-state index in [2.05, 4.69) is 17.1 Å². The molecule has 2 nitrogen and oxygen atoms in total. The predicted molar refractivity (Wildman–Crippen MR) is 60.6 cm³/mol. The van der Waals surface area contributed by atoms with Gasteiger partial charge in [-0.1, -0.05) is 0 Å². The minimum absolute atomic E-state index is 0.286. The van der Waals surface area contributed by atoms with Gasteiger partial charge in [-0.15, -0.1) is 11.6 Å². The summed E-state index contributed by atoms with van der Waals surface area (Å²) in [5.74, 6) is 0. The Kier molecular flexibility index (Phi) is 3.34. The van der Waals surface area contributed by atoms with E-state index in [9.17, 15) is 0 Å². The summed E-state index contributed by atoms with van der Waals surface area (Å²) in [4.78, 5) is 2.51. The molecule has 0 saturated carbocycles. The quantitative estimate of drug-likeness (QED) is 0.672. The monoisotopic (exact) mass is 214 g/mol. The molecule has 1 aliphatic heterocycles. The van der Waals surface area contributed by atoms with E-state index >= 15 is 0 Å². The minimum atomic E-state index is 0.286. The maximum absolute atomic E-state index is 6.28. The Hall–Kier alpha value is -0.210. The molecule has 0 aromatic rings. The number of halogens is 1. The Bertz CT molecular complexity index is 231. The lowest BCUT2D eigenvalue weighted by molar-refractivity contribution is 0.280.